The van der Waals surface area contributed by atoms with Gasteiger partial charge in [0.2, 0.25) is 0 Å². The van der Waals surface area contributed by atoms with Gasteiger partial charge in [-0.3, -0.25) is 0 Å². The number of hydrogen-bond acceptors (Lipinski definition) is 1. The normalized spacial score (nSPS) is 10.9. The molecule has 0 bridgehead atoms. The molecule has 0 radical (unpaired) electrons. The first kappa shape index (κ1) is 11.4. The SMILES string of the molecule is CCCCCC=CSc1ccccc1. The summed E-state index contributed by atoms with van der Waals surface area (Å²) >= 11 is 1.80. The van der Waals surface area contributed by atoms with Crippen LogP contribution in [-0.4, -0.2) is 0 Å². The average Bonchev–Trinajstić information content (AvgIpc) is 2.25. The van der Waals surface area contributed by atoms with E-state index in [1.807, 2.05) is 0 Å². The van der Waals surface area contributed by atoms with E-state index in [0.29, 0.717) is 0 Å². The van der Waals surface area contributed by atoms with Crippen LogP contribution in [-0.2, 0) is 0 Å². The van der Waals surface area contributed by atoms with Crippen molar-refractivity contribution in [1.29, 1.82) is 0 Å². The highest BCUT2D eigenvalue weighted by molar-refractivity contribution is 8.02. The van der Waals surface area contributed by atoms with Crippen molar-refractivity contribution in [1.82, 2.24) is 0 Å². The van der Waals surface area contributed by atoms with E-state index in [2.05, 4.69) is 48.7 Å². The molecule has 1 aromatic carbocycles. The van der Waals surface area contributed by atoms with Crippen LogP contribution >= 0.6 is 11.8 Å². The molecular weight excluding hydrogens is 188 g/mol. The van der Waals surface area contributed by atoms with E-state index >= 15 is 0 Å². The van der Waals surface area contributed by atoms with Crippen LogP contribution in [0.3, 0.4) is 0 Å². The van der Waals surface area contributed by atoms with Gasteiger partial charge >= 0.3 is 0 Å². The predicted octanol–water partition coefficient (Wildman–Crippen LogP) is 4.87. The Bertz CT molecular complexity index is 251. The van der Waals surface area contributed by atoms with Crippen molar-refractivity contribution in [2.45, 2.75) is 37.5 Å². The standard InChI is InChI=1S/C13H18S/c1-2-3-4-5-9-12-14-13-10-7-6-8-11-13/h6-12H,2-5H2,1H3. The van der Waals surface area contributed by atoms with Crippen molar-refractivity contribution in [3.8, 4) is 0 Å². The molecule has 0 fully saturated rings. The van der Waals surface area contributed by atoms with Crippen LogP contribution in [0.25, 0.3) is 0 Å². The zero-order chi connectivity index (χ0) is 10.1. The third-order valence-corrected chi connectivity index (χ3v) is 2.89. The van der Waals surface area contributed by atoms with E-state index < -0.39 is 0 Å². The van der Waals surface area contributed by atoms with Gasteiger partial charge in [-0.2, -0.15) is 0 Å². The van der Waals surface area contributed by atoms with Crippen molar-refractivity contribution >= 4 is 11.8 Å². The number of allylic oxidation sites excluding steroid dienone is 1. The van der Waals surface area contributed by atoms with Gasteiger partial charge in [0.15, 0.2) is 0 Å². The van der Waals surface area contributed by atoms with Crippen LogP contribution in [0.4, 0.5) is 0 Å². The van der Waals surface area contributed by atoms with Crippen LogP contribution in [0.1, 0.15) is 32.6 Å². The van der Waals surface area contributed by atoms with E-state index in [1.54, 1.807) is 11.8 Å². The minimum Gasteiger partial charge on any atom is -0.0984 e. The summed E-state index contributed by atoms with van der Waals surface area (Å²) in [6, 6.07) is 10.5. The Morgan fingerprint density at radius 1 is 1.14 bits per heavy atom. The molecule has 76 valence electrons. The Labute approximate surface area is 91.4 Å². The van der Waals surface area contributed by atoms with Gasteiger partial charge in [-0.05, 0) is 30.4 Å². The molecule has 0 saturated carbocycles. The Balaban J connectivity index is 2.14. The summed E-state index contributed by atoms with van der Waals surface area (Å²) < 4.78 is 0. The van der Waals surface area contributed by atoms with Crippen LogP contribution in [0.5, 0.6) is 0 Å². The molecular formula is C13H18S. The largest absolute Gasteiger partial charge is 0.0984 e. The first-order chi connectivity index (χ1) is 6.93. The molecule has 0 aliphatic heterocycles. The molecule has 0 unspecified atom stereocenters. The molecule has 1 aromatic rings. The summed E-state index contributed by atoms with van der Waals surface area (Å²) in [5.41, 5.74) is 0. The lowest BCUT2D eigenvalue weighted by molar-refractivity contribution is 0.729. The Morgan fingerprint density at radius 3 is 2.64 bits per heavy atom. The lowest BCUT2D eigenvalue weighted by Crippen LogP contribution is -1.70. The van der Waals surface area contributed by atoms with E-state index in [9.17, 15) is 0 Å². The van der Waals surface area contributed by atoms with Gasteiger partial charge < -0.3 is 0 Å². The minimum atomic E-state index is 1.22. The predicted molar refractivity (Wildman–Crippen MR) is 65.6 cm³/mol. The maximum Gasteiger partial charge on any atom is 0.0116 e. The first-order valence-corrected chi connectivity index (χ1v) is 6.18. The summed E-state index contributed by atoms with van der Waals surface area (Å²) in [5.74, 6) is 0. The van der Waals surface area contributed by atoms with Gasteiger partial charge in [0.05, 0.1) is 0 Å². The molecule has 0 heterocycles. The third kappa shape index (κ3) is 5.13. The second-order valence-electron chi connectivity index (χ2n) is 3.30. The van der Waals surface area contributed by atoms with Crippen molar-refractivity contribution < 1.29 is 0 Å². The van der Waals surface area contributed by atoms with Crippen molar-refractivity contribution in [2.24, 2.45) is 0 Å². The quantitative estimate of drug-likeness (QED) is 0.472. The van der Waals surface area contributed by atoms with Gasteiger partial charge in [-0.1, -0.05) is 55.8 Å². The van der Waals surface area contributed by atoms with Gasteiger partial charge in [-0.15, -0.1) is 0 Å². The zero-order valence-corrected chi connectivity index (χ0v) is 9.59. The fraction of sp³-hybridized carbons (Fsp3) is 0.385. The third-order valence-electron chi connectivity index (χ3n) is 2.02. The van der Waals surface area contributed by atoms with E-state index in [1.165, 1.54) is 30.6 Å². The summed E-state index contributed by atoms with van der Waals surface area (Å²) in [7, 11) is 0. The maximum absolute atomic E-state index is 2.27. The molecule has 0 spiro atoms. The average molecular weight is 206 g/mol. The molecule has 1 heteroatoms. The van der Waals surface area contributed by atoms with Crippen molar-refractivity contribution in [3.05, 3.63) is 41.8 Å². The molecule has 0 atom stereocenters. The number of unbranched alkanes of at least 4 members (excludes halogenated alkanes) is 3. The van der Waals surface area contributed by atoms with Crippen LogP contribution in [0, 0.1) is 0 Å². The highest BCUT2D eigenvalue weighted by Crippen LogP contribution is 2.18. The topological polar surface area (TPSA) is 0 Å². The first-order valence-electron chi connectivity index (χ1n) is 5.30. The van der Waals surface area contributed by atoms with E-state index in [-0.39, 0.29) is 0 Å². The van der Waals surface area contributed by atoms with Crippen LogP contribution in [0.15, 0.2) is 46.7 Å². The molecule has 0 aromatic heterocycles. The summed E-state index contributed by atoms with van der Waals surface area (Å²) in [6.45, 7) is 2.24. The number of benzene rings is 1. The Morgan fingerprint density at radius 2 is 1.93 bits per heavy atom. The molecule has 1 rings (SSSR count). The smallest absolute Gasteiger partial charge is 0.0116 e. The van der Waals surface area contributed by atoms with Crippen molar-refractivity contribution in [3.63, 3.8) is 0 Å². The molecule has 0 aliphatic rings. The van der Waals surface area contributed by atoms with Gasteiger partial charge in [-0.25, -0.2) is 0 Å². The van der Waals surface area contributed by atoms with Crippen LogP contribution < -0.4 is 0 Å². The molecule has 0 amide bonds. The molecule has 0 saturated heterocycles. The highest BCUT2D eigenvalue weighted by atomic mass is 32.2. The van der Waals surface area contributed by atoms with Gasteiger partial charge in [0.25, 0.3) is 0 Å². The summed E-state index contributed by atoms with van der Waals surface area (Å²) in [4.78, 5) is 1.32. The summed E-state index contributed by atoms with van der Waals surface area (Å²) in [6.07, 6.45) is 7.46. The fourth-order valence-electron chi connectivity index (χ4n) is 1.21. The van der Waals surface area contributed by atoms with Crippen LogP contribution in [0.2, 0.25) is 0 Å². The van der Waals surface area contributed by atoms with Crippen molar-refractivity contribution in [2.75, 3.05) is 0 Å². The zero-order valence-electron chi connectivity index (χ0n) is 8.78. The fourth-order valence-corrected chi connectivity index (χ4v) is 1.91. The van der Waals surface area contributed by atoms with E-state index in [4.69, 9.17) is 0 Å². The Kier molecular flexibility index (Phi) is 6.25. The second kappa shape index (κ2) is 7.69. The molecule has 14 heavy (non-hydrogen) atoms. The second-order valence-corrected chi connectivity index (χ2v) is 4.28. The molecule has 0 N–H and O–H groups in total. The molecule has 0 aliphatic carbocycles. The minimum absolute atomic E-state index is 1.22. The number of rotatable bonds is 6. The number of thioether (sulfide) groups is 1. The summed E-state index contributed by atoms with van der Waals surface area (Å²) in [5, 5.41) is 2.20. The Hall–Kier alpha value is -0.690. The lowest BCUT2D eigenvalue weighted by Gasteiger charge is -1.94. The monoisotopic (exact) mass is 206 g/mol. The number of hydrogen-bond donors (Lipinski definition) is 0. The lowest BCUT2D eigenvalue weighted by atomic mass is 10.2. The molecule has 0 nitrogen and oxygen atoms in total. The van der Waals surface area contributed by atoms with E-state index in [0.717, 1.165) is 0 Å². The highest BCUT2D eigenvalue weighted by Gasteiger charge is 1.86. The van der Waals surface area contributed by atoms with Gasteiger partial charge in [0.1, 0.15) is 0 Å². The maximum atomic E-state index is 2.27. The van der Waals surface area contributed by atoms with Gasteiger partial charge in [0, 0.05) is 4.90 Å².